The highest BCUT2D eigenvalue weighted by molar-refractivity contribution is 7.07. The molecule has 212 valence electrons. The summed E-state index contributed by atoms with van der Waals surface area (Å²) in [6.07, 6.45) is 1.65. The summed E-state index contributed by atoms with van der Waals surface area (Å²) < 4.78 is 24.8. The molecule has 0 fully saturated rings. The van der Waals surface area contributed by atoms with Gasteiger partial charge >= 0.3 is 5.97 Å². The van der Waals surface area contributed by atoms with Crippen LogP contribution in [0.15, 0.2) is 74.0 Å². The van der Waals surface area contributed by atoms with E-state index in [0.29, 0.717) is 65.8 Å². The normalized spacial score (nSPS) is 15.0. The zero-order chi connectivity index (χ0) is 29.3. The van der Waals surface area contributed by atoms with E-state index in [-0.39, 0.29) is 17.7 Å². The molecule has 4 aromatic rings. The Morgan fingerprint density at radius 2 is 1.95 bits per heavy atom. The number of esters is 1. The van der Waals surface area contributed by atoms with Crippen molar-refractivity contribution in [2.24, 2.45) is 4.99 Å². The van der Waals surface area contributed by atoms with Gasteiger partial charge in [0.1, 0.15) is 17.6 Å². The molecule has 41 heavy (non-hydrogen) atoms. The van der Waals surface area contributed by atoms with Crippen LogP contribution in [0.4, 0.5) is 0 Å². The first-order chi connectivity index (χ1) is 19.8. The van der Waals surface area contributed by atoms with Gasteiger partial charge in [0.05, 0.1) is 41.1 Å². The van der Waals surface area contributed by atoms with Gasteiger partial charge in [-0.25, -0.2) is 9.79 Å². The van der Waals surface area contributed by atoms with E-state index >= 15 is 0 Å². The number of hydrogen-bond acceptors (Lipinski definition) is 8. The van der Waals surface area contributed by atoms with E-state index in [4.69, 9.17) is 41.8 Å². The molecule has 8 nitrogen and oxygen atoms in total. The summed E-state index contributed by atoms with van der Waals surface area (Å²) in [5.74, 6) is 1.33. The van der Waals surface area contributed by atoms with Crippen LogP contribution in [0.2, 0.25) is 10.0 Å². The van der Waals surface area contributed by atoms with Gasteiger partial charge in [0.25, 0.3) is 5.56 Å². The third-order valence-electron chi connectivity index (χ3n) is 6.43. The molecule has 5 rings (SSSR count). The molecule has 1 aliphatic heterocycles. The monoisotopic (exact) mass is 612 g/mol. The zero-order valence-corrected chi connectivity index (χ0v) is 25.0. The Morgan fingerprint density at radius 3 is 2.66 bits per heavy atom. The highest BCUT2D eigenvalue weighted by atomic mass is 35.5. The maximum atomic E-state index is 14.0. The van der Waals surface area contributed by atoms with Gasteiger partial charge in [-0.05, 0) is 57.2 Å². The van der Waals surface area contributed by atoms with E-state index in [2.05, 4.69) is 4.99 Å². The summed E-state index contributed by atoms with van der Waals surface area (Å²) in [6, 6.07) is 13.2. The lowest BCUT2D eigenvalue weighted by atomic mass is 9.94. The third-order valence-corrected chi connectivity index (χ3v) is 7.96. The van der Waals surface area contributed by atoms with Crippen molar-refractivity contribution in [2.45, 2.75) is 26.8 Å². The molecule has 0 amide bonds. The number of furan rings is 1. The van der Waals surface area contributed by atoms with Crippen molar-refractivity contribution in [1.29, 1.82) is 0 Å². The van der Waals surface area contributed by atoms with Gasteiger partial charge in [-0.2, -0.15) is 0 Å². The fraction of sp³-hybridized carbons (Fsp3) is 0.233. The molecule has 0 spiro atoms. The maximum absolute atomic E-state index is 14.0. The average Bonchev–Trinajstić information content (AvgIpc) is 3.52. The Hall–Kier alpha value is -3.79. The van der Waals surface area contributed by atoms with Crippen LogP contribution in [0, 0.1) is 0 Å². The summed E-state index contributed by atoms with van der Waals surface area (Å²) in [5.41, 5.74) is 1.60. The number of carbonyl (C=O) groups is 1. The number of thiazole rings is 1. The number of ether oxygens (including phenoxy) is 3. The summed E-state index contributed by atoms with van der Waals surface area (Å²) in [5, 5.41) is 0.963. The molecule has 0 radical (unpaired) electrons. The minimum atomic E-state index is -0.857. The molecule has 0 saturated heterocycles. The highest BCUT2D eigenvalue weighted by Crippen LogP contribution is 2.41. The number of methoxy groups -OCH3 is 1. The molecule has 2 aromatic carbocycles. The predicted octanol–water partition coefficient (Wildman–Crippen LogP) is 5.77. The molecule has 0 N–H and O–H groups in total. The fourth-order valence-electron chi connectivity index (χ4n) is 4.69. The van der Waals surface area contributed by atoms with Crippen molar-refractivity contribution in [3.63, 3.8) is 0 Å². The van der Waals surface area contributed by atoms with Crippen LogP contribution >= 0.6 is 34.5 Å². The van der Waals surface area contributed by atoms with E-state index in [1.165, 1.54) is 23.0 Å². The zero-order valence-electron chi connectivity index (χ0n) is 22.7. The Balaban J connectivity index is 1.69. The molecule has 1 aliphatic rings. The van der Waals surface area contributed by atoms with E-state index in [0.717, 1.165) is 0 Å². The first kappa shape index (κ1) is 28.7. The number of carbonyl (C=O) groups excluding carboxylic acids is 1. The molecule has 0 saturated carbocycles. The largest absolute Gasteiger partial charge is 0.493 e. The van der Waals surface area contributed by atoms with E-state index < -0.39 is 12.0 Å². The van der Waals surface area contributed by atoms with Crippen molar-refractivity contribution in [2.75, 3.05) is 20.3 Å². The molecule has 0 bridgehead atoms. The summed E-state index contributed by atoms with van der Waals surface area (Å²) in [6.45, 7) is 5.83. The number of allylic oxidation sites excluding steroid dienone is 1. The fourth-order valence-corrected chi connectivity index (χ4v) is 6.22. The highest BCUT2D eigenvalue weighted by Gasteiger charge is 2.36. The van der Waals surface area contributed by atoms with Crippen molar-refractivity contribution >= 4 is 46.6 Å². The molecular formula is C30H26Cl2N2O6S. The Labute approximate surface area is 249 Å². The van der Waals surface area contributed by atoms with Crippen molar-refractivity contribution < 1.29 is 23.4 Å². The molecule has 11 heteroatoms. The Bertz CT molecular complexity index is 1850. The van der Waals surface area contributed by atoms with Gasteiger partial charge in [0.15, 0.2) is 16.3 Å². The number of fused-ring (bicyclic) bond motifs is 1. The van der Waals surface area contributed by atoms with Gasteiger partial charge in [0.2, 0.25) is 0 Å². The second kappa shape index (κ2) is 12.0. The molecule has 1 atom stereocenters. The minimum absolute atomic E-state index is 0.168. The second-order valence-corrected chi connectivity index (χ2v) is 10.8. The lowest BCUT2D eigenvalue weighted by molar-refractivity contribution is -0.139. The van der Waals surface area contributed by atoms with Crippen molar-refractivity contribution in [1.82, 2.24) is 4.57 Å². The van der Waals surface area contributed by atoms with Crippen LogP contribution in [0.3, 0.4) is 0 Å². The van der Waals surface area contributed by atoms with E-state index in [1.807, 2.05) is 13.0 Å². The topological polar surface area (TPSA) is 92.3 Å². The lowest BCUT2D eigenvalue weighted by Gasteiger charge is -2.26. The van der Waals surface area contributed by atoms with Crippen LogP contribution in [0.5, 0.6) is 11.5 Å². The van der Waals surface area contributed by atoms with E-state index in [9.17, 15) is 9.59 Å². The molecule has 0 aliphatic carbocycles. The number of benzene rings is 2. The lowest BCUT2D eigenvalue weighted by Crippen LogP contribution is -2.40. The van der Waals surface area contributed by atoms with Crippen molar-refractivity contribution in [3.8, 4) is 22.8 Å². The molecule has 3 heterocycles. The summed E-state index contributed by atoms with van der Waals surface area (Å²) in [4.78, 5) is 32.3. The van der Waals surface area contributed by atoms with Crippen LogP contribution in [-0.2, 0) is 9.53 Å². The SMILES string of the molecule is CCOC(=O)C1=C(C)N=c2s/c(=C/c3ccc(-c4ccc(Cl)cc4Cl)o3)c(=O)n2[C@@H]1c1cccc(OC)c1OCC. The number of hydrogen-bond donors (Lipinski definition) is 0. The van der Waals surface area contributed by atoms with Crippen LogP contribution < -0.4 is 24.4 Å². The molecule has 2 aromatic heterocycles. The first-order valence-electron chi connectivity index (χ1n) is 12.8. The Kier molecular flexibility index (Phi) is 8.40. The Morgan fingerprint density at radius 1 is 1.15 bits per heavy atom. The van der Waals surface area contributed by atoms with Crippen LogP contribution in [0.25, 0.3) is 17.4 Å². The van der Waals surface area contributed by atoms with E-state index in [1.54, 1.807) is 62.4 Å². The van der Waals surface area contributed by atoms with Crippen LogP contribution in [0.1, 0.15) is 38.1 Å². The van der Waals surface area contributed by atoms with Gasteiger partial charge < -0.3 is 18.6 Å². The standard InChI is InChI=1S/C30H26Cl2N2O6S/c1-5-38-27-20(8-7-9-23(27)37-4)26-25(29(36)39-6-2)16(3)33-30-34(26)28(35)24(41-30)15-18-11-13-22(40-18)19-12-10-17(31)14-21(19)32/h7-15,26H,5-6H2,1-4H3/b24-15+/t26-/m1/s1. The third kappa shape index (κ3) is 5.45. The number of para-hydroxylation sites is 1. The smallest absolute Gasteiger partial charge is 0.338 e. The molecule has 0 unspecified atom stereocenters. The van der Waals surface area contributed by atoms with Gasteiger partial charge in [-0.15, -0.1) is 0 Å². The van der Waals surface area contributed by atoms with Crippen LogP contribution in [-0.4, -0.2) is 30.9 Å². The number of halogens is 2. The number of rotatable bonds is 8. The van der Waals surface area contributed by atoms with Crippen molar-refractivity contribution in [3.05, 3.63) is 101 Å². The second-order valence-electron chi connectivity index (χ2n) is 8.94. The van der Waals surface area contributed by atoms with Gasteiger partial charge in [0, 0.05) is 22.2 Å². The predicted molar refractivity (Wildman–Crippen MR) is 159 cm³/mol. The van der Waals surface area contributed by atoms with Gasteiger partial charge in [-0.1, -0.05) is 46.7 Å². The summed E-state index contributed by atoms with van der Waals surface area (Å²) in [7, 11) is 1.54. The quantitative estimate of drug-likeness (QED) is 0.234. The van der Waals surface area contributed by atoms with Gasteiger partial charge in [-0.3, -0.25) is 9.36 Å². The maximum Gasteiger partial charge on any atom is 0.338 e. The average molecular weight is 614 g/mol. The number of aromatic nitrogens is 1. The first-order valence-corrected chi connectivity index (χ1v) is 14.4. The molecular weight excluding hydrogens is 587 g/mol. The summed E-state index contributed by atoms with van der Waals surface area (Å²) >= 11 is 13.6. The minimum Gasteiger partial charge on any atom is -0.493 e. The number of nitrogens with zero attached hydrogens (tertiary/aromatic N) is 2.